The quantitative estimate of drug-likeness (QED) is 0.535. The minimum atomic E-state index is 0.306. The highest BCUT2D eigenvalue weighted by molar-refractivity contribution is 7.80. The van der Waals surface area contributed by atoms with Gasteiger partial charge in [-0.3, -0.25) is 0 Å². The maximum absolute atomic E-state index is 5.52. The Labute approximate surface area is 113 Å². The summed E-state index contributed by atoms with van der Waals surface area (Å²) in [5.74, 6) is 0.761. The molecule has 0 saturated heterocycles. The molecule has 0 spiro atoms. The molecule has 0 aromatic carbocycles. The Balaban J connectivity index is 2.23. The number of ether oxygens (including phenoxy) is 1. The number of nitrogens with zero attached hydrogens (tertiary/aromatic N) is 2. The standard InChI is InChI=1S/C12H20N4OS/c1-16(2)7-9-17-8-6-14-11-5-3-4-10(15-11)12(13)18/h3-5H,6-9H2,1-2H3,(H2,13,18)(H,14,15). The summed E-state index contributed by atoms with van der Waals surface area (Å²) in [5, 5.41) is 3.16. The molecule has 0 fully saturated rings. The third-order valence-corrected chi connectivity index (χ3v) is 2.45. The first kappa shape index (κ1) is 14.8. The first-order chi connectivity index (χ1) is 8.59. The van der Waals surface area contributed by atoms with E-state index in [-0.39, 0.29) is 0 Å². The van der Waals surface area contributed by atoms with E-state index in [4.69, 9.17) is 22.7 Å². The van der Waals surface area contributed by atoms with Gasteiger partial charge in [-0.25, -0.2) is 4.98 Å². The van der Waals surface area contributed by atoms with E-state index in [0.29, 0.717) is 23.8 Å². The molecule has 18 heavy (non-hydrogen) atoms. The van der Waals surface area contributed by atoms with Gasteiger partial charge >= 0.3 is 0 Å². The molecule has 1 aromatic rings. The molecule has 1 heterocycles. The van der Waals surface area contributed by atoms with E-state index < -0.39 is 0 Å². The average molecular weight is 268 g/mol. The van der Waals surface area contributed by atoms with Crippen LogP contribution in [0.5, 0.6) is 0 Å². The Morgan fingerprint density at radius 1 is 1.44 bits per heavy atom. The smallest absolute Gasteiger partial charge is 0.126 e. The molecule has 0 radical (unpaired) electrons. The van der Waals surface area contributed by atoms with Gasteiger partial charge < -0.3 is 20.7 Å². The highest BCUT2D eigenvalue weighted by Gasteiger charge is 1.99. The lowest BCUT2D eigenvalue weighted by atomic mass is 10.3. The fraction of sp³-hybridized carbons (Fsp3) is 0.500. The van der Waals surface area contributed by atoms with Gasteiger partial charge in [-0.1, -0.05) is 18.3 Å². The molecular formula is C12H20N4OS. The second kappa shape index (κ2) is 7.97. The van der Waals surface area contributed by atoms with Crippen LogP contribution in [0.15, 0.2) is 18.2 Å². The number of nitrogens with one attached hydrogen (secondary N) is 1. The van der Waals surface area contributed by atoms with Gasteiger partial charge in [0.25, 0.3) is 0 Å². The largest absolute Gasteiger partial charge is 0.388 e. The summed E-state index contributed by atoms with van der Waals surface area (Å²) >= 11 is 4.87. The number of aromatic nitrogens is 1. The van der Waals surface area contributed by atoms with Crippen LogP contribution in [0.2, 0.25) is 0 Å². The Morgan fingerprint density at radius 3 is 2.89 bits per heavy atom. The topological polar surface area (TPSA) is 63.4 Å². The van der Waals surface area contributed by atoms with Gasteiger partial charge in [0.2, 0.25) is 0 Å². The van der Waals surface area contributed by atoms with Gasteiger partial charge in [-0.15, -0.1) is 0 Å². The van der Waals surface area contributed by atoms with Gasteiger partial charge in [-0.05, 0) is 26.2 Å². The van der Waals surface area contributed by atoms with Crippen LogP contribution in [0, 0.1) is 0 Å². The zero-order valence-corrected chi connectivity index (χ0v) is 11.7. The highest BCUT2D eigenvalue weighted by atomic mass is 32.1. The molecule has 1 aromatic heterocycles. The van der Waals surface area contributed by atoms with Crippen molar-refractivity contribution in [3.63, 3.8) is 0 Å². The fourth-order valence-corrected chi connectivity index (χ4v) is 1.38. The van der Waals surface area contributed by atoms with Gasteiger partial charge in [0.05, 0.1) is 18.9 Å². The second-order valence-corrected chi connectivity index (χ2v) is 4.55. The van der Waals surface area contributed by atoms with E-state index in [0.717, 1.165) is 19.0 Å². The number of thiocarbonyl (C=S) groups is 1. The van der Waals surface area contributed by atoms with Crippen LogP contribution in [0.1, 0.15) is 5.69 Å². The number of likely N-dealkylation sites (N-methyl/N-ethyl adjacent to an activating group) is 1. The summed E-state index contributed by atoms with van der Waals surface area (Å²) in [7, 11) is 4.04. The number of nitrogens with two attached hydrogens (primary N) is 1. The van der Waals surface area contributed by atoms with Crippen molar-refractivity contribution in [2.75, 3.05) is 45.7 Å². The lowest BCUT2D eigenvalue weighted by Gasteiger charge is -2.10. The zero-order valence-electron chi connectivity index (χ0n) is 10.8. The zero-order chi connectivity index (χ0) is 13.4. The van der Waals surface area contributed by atoms with E-state index in [2.05, 4.69) is 15.2 Å². The Kier molecular flexibility index (Phi) is 6.56. The van der Waals surface area contributed by atoms with Crippen LogP contribution in [0.3, 0.4) is 0 Å². The van der Waals surface area contributed by atoms with Gasteiger partial charge in [-0.2, -0.15) is 0 Å². The summed E-state index contributed by atoms with van der Waals surface area (Å²) in [4.78, 5) is 6.67. The van der Waals surface area contributed by atoms with Crippen LogP contribution in [-0.4, -0.2) is 55.3 Å². The molecule has 3 N–H and O–H groups in total. The van der Waals surface area contributed by atoms with Crippen molar-refractivity contribution in [2.24, 2.45) is 5.73 Å². The Bertz CT molecular complexity index is 384. The maximum atomic E-state index is 5.52. The van der Waals surface area contributed by atoms with Crippen LogP contribution in [0.4, 0.5) is 5.82 Å². The van der Waals surface area contributed by atoms with E-state index in [1.165, 1.54) is 0 Å². The summed E-state index contributed by atoms with van der Waals surface area (Å²) < 4.78 is 5.46. The summed E-state index contributed by atoms with van der Waals surface area (Å²) in [6.07, 6.45) is 0. The Morgan fingerprint density at radius 2 is 2.22 bits per heavy atom. The van der Waals surface area contributed by atoms with Crippen LogP contribution >= 0.6 is 12.2 Å². The molecule has 0 aliphatic heterocycles. The third kappa shape index (κ3) is 5.90. The van der Waals surface area contributed by atoms with E-state index in [1.54, 1.807) is 6.07 Å². The molecule has 1 rings (SSSR count). The molecule has 0 saturated carbocycles. The van der Waals surface area contributed by atoms with Crippen LogP contribution in [0.25, 0.3) is 0 Å². The SMILES string of the molecule is CN(C)CCOCCNc1cccc(C(N)=S)n1. The lowest BCUT2D eigenvalue weighted by Crippen LogP contribution is -2.20. The number of anilines is 1. The lowest BCUT2D eigenvalue weighted by molar-refractivity contribution is 0.126. The summed E-state index contributed by atoms with van der Waals surface area (Å²) in [5.41, 5.74) is 6.15. The molecule has 100 valence electrons. The predicted molar refractivity (Wildman–Crippen MR) is 78.0 cm³/mol. The van der Waals surface area contributed by atoms with E-state index >= 15 is 0 Å². The highest BCUT2D eigenvalue weighted by Crippen LogP contribution is 2.04. The molecule has 0 unspecified atom stereocenters. The van der Waals surface area contributed by atoms with Gasteiger partial charge in [0.15, 0.2) is 0 Å². The van der Waals surface area contributed by atoms with E-state index in [9.17, 15) is 0 Å². The predicted octanol–water partition coefficient (Wildman–Crippen LogP) is 0.706. The van der Waals surface area contributed by atoms with Gasteiger partial charge in [0, 0.05) is 13.1 Å². The van der Waals surface area contributed by atoms with Crippen LogP contribution < -0.4 is 11.1 Å². The number of rotatable bonds is 8. The first-order valence-electron chi connectivity index (χ1n) is 5.83. The first-order valence-corrected chi connectivity index (χ1v) is 6.23. The van der Waals surface area contributed by atoms with Crippen molar-refractivity contribution in [3.8, 4) is 0 Å². The maximum Gasteiger partial charge on any atom is 0.126 e. The number of hydrogen-bond donors (Lipinski definition) is 2. The molecule has 0 aliphatic carbocycles. The normalized spacial score (nSPS) is 10.6. The Hall–Kier alpha value is -1.24. The molecule has 0 amide bonds. The average Bonchev–Trinajstić information content (AvgIpc) is 2.33. The third-order valence-electron chi connectivity index (χ3n) is 2.24. The molecular weight excluding hydrogens is 248 g/mol. The van der Waals surface area contributed by atoms with Crippen molar-refractivity contribution >= 4 is 23.0 Å². The molecule has 0 bridgehead atoms. The molecule has 0 atom stereocenters. The molecule has 6 heteroatoms. The van der Waals surface area contributed by atoms with Crippen molar-refractivity contribution in [3.05, 3.63) is 23.9 Å². The molecule has 0 aliphatic rings. The minimum Gasteiger partial charge on any atom is -0.388 e. The van der Waals surface area contributed by atoms with Crippen molar-refractivity contribution in [1.29, 1.82) is 0 Å². The van der Waals surface area contributed by atoms with Crippen molar-refractivity contribution < 1.29 is 4.74 Å². The number of pyridine rings is 1. The fourth-order valence-electron chi connectivity index (χ4n) is 1.27. The van der Waals surface area contributed by atoms with Crippen molar-refractivity contribution in [2.45, 2.75) is 0 Å². The minimum absolute atomic E-state index is 0.306. The molecule has 5 nitrogen and oxygen atoms in total. The van der Waals surface area contributed by atoms with Gasteiger partial charge in [0.1, 0.15) is 10.8 Å². The summed E-state index contributed by atoms with van der Waals surface area (Å²) in [6, 6.07) is 5.54. The number of hydrogen-bond acceptors (Lipinski definition) is 5. The van der Waals surface area contributed by atoms with Crippen molar-refractivity contribution in [1.82, 2.24) is 9.88 Å². The monoisotopic (exact) mass is 268 g/mol. The second-order valence-electron chi connectivity index (χ2n) is 4.11. The summed E-state index contributed by atoms with van der Waals surface area (Å²) in [6.45, 7) is 3.01. The van der Waals surface area contributed by atoms with E-state index in [1.807, 2.05) is 26.2 Å². The van der Waals surface area contributed by atoms with Crippen LogP contribution in [-0.2, 0) is 4.74 Å².